The highest BCUT2D eigenvalue weighted by Crippen LogP contribution is 2.54. The Morgan fingerprint density at radius 3 is 2.24 bits per heavy atom. The number of fused-ring (bicyclic) bond motifs is 2. The van der Waals surface area contributed by atoms with Crippen LogP contribution in [-0.4, -0.2) is 32.5 Å². The summed E-state index contributed by atoms with van der Waals surface area (Å²) in [7, 11) is 0. The second-order valence-corrected chi connectivity index (χ2v) is 14.3. The van der Waals surface area contributed by atoms with Gasteiger partial charge in [0.25, 0.3) is 5.69 Å². The molecule has 0 spiro atoms. The maximum Gasteiger partial charge on any atom is 0.308 e. The van der Waals surface area contributed by atoms with Gasteiger partial charge in [0.1, 0.15) is 11.8 Å². The molecule has 3 aromatic carbocycles. The van der Waals surface area contributed by atoms with E-state index < -0.39 is 33.8 Å². The molecule has 3 unspecified atom stereocenters. The molecule has 1 aromatic heterocycles. The third-order valence-corrected chi connectivity index (χ3v) is 10.8. The van der Waals surface area contributed by atoms with Gasteiger partial charge in [0.15, 0.2) is 0 Å². The zero-order valence-electron chi connectivity index (χ0n) is 25.0. The monoisotopic (exact) mass is 642 g/mol. The number of nitro groups is 1. The van der Waals surface area contributed by atoms with E-state index in [4.69, 9.17) is 0 Å². The number of anilines is 2. The number of hydrogen-bond acceptors (Lipinski definition) is 8. The molecule has 0 aliphatic carbocycles. The normalized spacial score (nSPS) is 19.3. The fourth-order valence-corrected chi connectivity index (χ4v) is 8.60. The zero-order valence-corrected chi connectivity index (χ0v) is 26.6. The van der Waals surface area contributed by atoms with E-state index >= 15 is 0 Å². The second kappa shape index (κ2) is 11.4. The number of thioether (sulfide) groups is 1. The number of carbonyl (C=O) groups excluding carboxylic acids is 3. The summed E-state index contributed by atoms with van der Waals surface area (Å²) in [5.74, 6) is -2.73. The molecule has 1 N–H and O–H groups in total. The third kappa shape index (κ3) is 5.48. The van der Waals surface area contributed by atoms with Crippen molar-refractivity contribution >= 4 is 57.9 Å². The summed E-state index contributed by atoms with van der Waals surface area (Å²) in [6.07, 6.45) is 0. The lowest BCUT2D eigenvalue weighted by atomic mass is 9.81. The van der Waals surface area contributed by atoms with Crippen LogP contribution in [0, 0.1) is 23.0 Å². The first-order valence-electron chi connectivity index (χ1n) is 14.3. The number of amides is 3. The molecule has 2 aliphatic heterocycles. The van der Waals surface area contributed by atoms with E-state index in [1.165, 1.54) is 28.8 Å². The van der Waals surface area contributed by atoms with Gasteiger partial charge in [-0.15, -0.1) is 0 Å². The number of aromatic nitrogens is 1. The summed E-state index contributed by atoms with van der Waals surface area (Å²) in [6.45, 7) is 7.92. The molecule has 0 bridgehead atoms. The molecule has 45 heavy (non-hydrogen) atoms. The smallest absolute Gasteiger partial charge is 0.308 e. The van der Waals surface area contributed by atoms with Gasteiger partial charge in [0.2, 0.25) is 17.7 Å². The molecular weight excluding hydrogens is 613 g/mol. The molecule has 10 nitrogen and oxygen atoms in total. The van der Waals surface area contributed by atoms with Crippen LogP contribution in [0.5, 0.6) is 0 Å². The van der Waals surface area contributed by atoms with Gasteiger partial charge in [0.05, 0.1) is 21.6 Å². The first-order chi connectivity index (χ1) is 21.3. The summed E-state index contributed by atoms with van der Waals surface area (Å²) in [5.41, 5.74) is 3.36. The Balaban J connectivity index is 1.42. The molecule has 4 aromatic rings. The standard InChI is InChI=1S/C33H30N4O6S2/c1-18-7-5-6-8-23(18)34-24(38)17-35-31-28(45-32(35)41)25(19-9-11-20(12-10-19)33(2,3)4)26-27(44-31)30(40)36(29(26)39)21-13-15-22(16-14-21)37(42)43/h5-16,25-27H,17H2,1-4H3,(H,34,38). The Bertz CT molecular complexity index is 1910. The highest BCUT2D eigenvalue weighted by molar-refractivity contribution is 8.00. The number of non-ortho nitro benzene ring substituents is 1. The molecule has 0 radical (unpaired) electrons. The van der Waals surface area contributed by atoms with E-state index in [1.54, 1.807) is 6.07 Å². The Hall–Kier alpha value is -4.55. The van der Waals surface area contributed by atoms with Crippen LogP contribution in [0.25, 0.3) is 0 Å². The van der Waals surface area contributed by atoms with E-state index in [2.05, 4.69) is 26.1 Å². The van der Waals surface area contributed by atoms with Crippen molar-refractivity contribution in [3.63, 3.8) is 0 Å². The number of thiazole rings is 1. The van der Waals surface area contributed by atoms with Gasteiger partial charge < -0.3 is 5.32 Å². The van der Waals surface area contributed by atoms with Crippen LogP contribution in [0.2, 0.25) is 0 Å². The van der Waals surface area contributed by atoms with Crippen molar-refractivity contribution in [2.45, 2.75) is 55.8 Å². The Kier molecular flexibility index (Phi) is 7.74. The van der Waals surface area contributed by atoms with Crippen LogP contribution in [0.15, 0.2) is 82.6 Å². The van der Waals surface area contributed by atoms with Crippen LogP contribution >= 0.6 is 23.1 Å². The minimum absolute atomic E-state index is 0.112. The molecule has 230 valence electrons. The van der Waals surface area contributed by atoms with Crippen LogP contribution in [0.4, 0.5) is 17.1 Å². The minimum atomic E-state index is -0.868. The van der Waals surface area contributed by atoms with E-state index in [9.17, 15) is 29.3 Å². The number of aryl methyl sites for hydroxylation is 1. The molecular formula is C33H30N4O6S2. The quantitative estimate of drug-likeness (QED) is 0.158. The molecule has 2 aliphatic rings. The lowest BCUT2D eigenvalue weighted by Gasteiger charge is -2.31. The number of hydrogen-bond donors (Lipinski definition) is 1. The lowest BCUT2D eigenvalue weighted by Crippen LogP contribution is -2.33. The molecule has 3 heterocycles. The Morgan fingerprint density at radius 2 is 1.62 bits per heavy atom. The first-order valence-corrected chi connectivity index (χ1v) is 16.0. The van der Waals surface area contributed by atoms with E-state index in [1.807, 2.05) is 49.4 Å². The van der Waals surface area contributed by atoms with Gasteiger partial charge in [0, 0.05) is 28.6 Å². The van der Waals surface area contributed by atoms with Crippen LogP contribution in [0.1, 0.15) is 48.3 Å². The molecule has 0 saturated carbocycles. The Morgan fingerprint density at radius 1 is 0.956 bits per heavy atom. The van der Waals surface area contributed by atoms with E-state index in [-0.39, 0.29) is 34.1 Å². The maximum atomic E-state index is 14.1. The van der Waals surface area contributed by atoms with Gasteiger partial charge in [-0.2, -0.15) is 0 Å². The summed E-state index contributed by atoms with van der Waals surface area (Å²) >= 11 is 2.11. The zero-order chi connectivity index (χ0) is 32.2. The lowest BCUT2D eigenvalue weighted by molar-refractivity contribution is -0.384. The van der Waals surface area contributed by atoms with Gasteiger partial charge in [-0.3, -0.25) is 33.9 Å². The average Bonchev–Trinajstić information content (AvgIpc) is 3.44. The van der Waals surface area contributed by atoms with E-state index in [0.717, 1.165) is 44.7 Å². The summed E-state index contributed by atoms with van der Waals surface area (Å²) in [6, 6.07) is 20.5. The fourth-order valence-electron chi connectivity index (χ4n) is 5.83. The number of para-hydroxylation sites is 1. The molecule has 12 heteroatoms. The topological polar surface area (TPSA) is 132 Å². The minimum Gasteiger partial charge on any atom is -0.324 e. The van der Waals surface area contributed by atoms with Crippen LogP contribution in [-0.2, 0) is 26.3 Å². The first kappa shape index (κ1) is 30.5. The number of carbonyl (C=O) groups is 3. The number of imide groups is 1. The van der Waals surface area contributed by atoms with Crippen molar-refractivity contribution in [2.24, 2.45) is 5.92 Å². The third-order valence-electron chi connectivity index (χ3n) is 8.22. The van der Waals surface area contributed by atoms with Crippen molar-refractivity contribution in [1.29, 1.82) is 0 Å². The molecule has 1 saturated heterocycles. The number of rotatable bonds is 6. The van der Waals surface area contributed by atoms with Gasteiger partial charge in [-0.1, -0.05) is 86.3 Å². The summed E-state index contributed by atoms with van der Waals surface area (Å²) < 4.78 is 1.39. The summed E-state index contributed by atoms with van der Waals surface area (Å²) in [5, 5.41) is 13.7. The number of nitrogens with zero attached hydrogens (tertiary/aromatic N) is 3. The van der Waals surface area contributed by atoms with Crippen molar-refractivity contribution < 1.29 is 19.3 Å². The SMILES string of the molecule is Cc1ccccc1NC(=O)Cn1c2c(sc1=O)C(c1ccc(C(C)(C)C)cc1)C1C(=O)N(c3ccc([N+](=O)[O-])cc3)C(=O)C1S2. The highest BCUT2D eigenvalue weighted by atomic mass is 32.2. The van der Waals surface area contributed by atoms with Crippen LogP contribution in [0.3, 0.4) is 0 Å². The predicted molar refractivity (Wildman–Crippen MR) is 174 cm³/mol. The molecule has 1 fully saturated rings. The maximum absolute atomic E-state index is 14.1. The molecule has 3 amide bonds. The second-order valence-electron chi connectivity index (χ2n) is 12.2. The Labute approximate surface area is 267 Å². The van der Waals surface area contributed by atoms with Crippen molar-refractivity contribution in [3.05, 3.63) is 114 Å². The largest absolute Gasteiger partial charge is 0.324 e. The number of nitro benzene ring substituents is 1. The van der Waals surface area contributed by atoms with Gasteiger partial charge >= 0.3 is 4.87 Å². The van der Waals surface area contributed by atoms with Gasteiger partial charge in [-0.25, -0.2) is 4.90 Å². The average molecular weight is 643 g/mol. The number of benzene rings is 3. The molecule has 6 rings (SSSR count). The summed E-state index contributed by atoms with van der Waals surface area (Å²) in [4.78, 5) is 66.7. The van der Waals surface area contributed by atoms with Crippen LogP contribution < -0.4 is 15.1 Å². The van der Waals surface area contributed by atoms with E-state index in [0.29, 0.717) is 15.6 Å². The van der Waals surface area contributed by atoms with Crippen molar-refractivity contribution in [1.82, 2.24) is 4.57 Å². The van der Waals surface area contributed by atoms with Crippen molar-refractivity contribution in [3.8, 4) is 0 Å². The predicted octanol–water partition coefficient (Wildman–Crippen LogP) is 5.86. The van der Waals surface area contributed by atoms with Crippen molar-refractivity contribution in [2.75, 3.05) is 10.2 Å². The van der Waals surface area contributed by atoms with Gasteiger partial charge in [-0.05, 0) is 47.2 Å². The number of nitrogens with one attached hydrogen (secondary N) is 1. The molecule has 3 atom stereocenters. The highest BCUT2D eigenvalue weighted by Gasteiger charge is 2.56. The fraction of sp³-hybridized carbons (Fsp3) is 0.273.